The van der Waals surface area contributed by atoms with Crippen LogP contribution in [0.5, 0.6) is 0 Å². The van der Waals surface area contributed by atoms with E-state index in [0.29, 0.717) is 5.56 Å². The maximum Gasteiger partial charge on any atom is 0.436 e. The van der Waals surface area contributed by atoms with E-state index in [0.717, 1.165) is 0 Å². The molecule has 0 aliphatic carbocycles. The van der Waals surface area contributed by atoms with Gasteiger partial charge in [0.1, 0.15) is 0 Å². The van der Waals surface area contributed by atoms with Crippen molar-refractivity contribution < 1.29 is 27.5 Å². The molecule has 0 aliphatic rings. The van der Waals surface area contributed by atoms with Gasteiger partial charge in [0.15, 0.2) is 0 Å². The lowest BCUT2D eigenvalue weighted by Crippen LogP contribution is -2.73. The van der Waals surface area contributed by atoms with Crippen molar-refractivity contribution in [2.45, 2.75) is 31.7 Å². The number of carbonyl (C=O) groups excluding carboxylic acids is 2. The number of nitrogens with one attached hydrogen (secondary N) is 2. The number of halogens is 4. The molecule has 29 heavy (non-hydrogen) atoms. The first-order valence-corrected chi connectivity index (χ1v) is 9.13. The summed E-state index contributed by atoms with van der Waals surface area (Å²) >= 11 is 5.93. The van der Waals surface area contributed by atoms with Crippen molar-refractivity contribution in [3.05, 3.63) is 70.7 Å². The Hall–Kier alpha value is -2.58. The van der Waals surface area contributed by atoms with Crippen LogP contribution in [-0.2, 0) is 9.53 Å². The van der Waals surface area contributed by atoms with Crippen molar-refractivity contribution in [2.75, 3.05) is 6.61 Å². The second kappa shape index (κ2) is 9.28. The van der Waals surface area contributed by atoms with E-state index >= 15 is 0 Å². The molecule has 5 nitrogen and oxygen atoms in total. The fraction of sp³-hybridized carbons (Fsp3) is 0.300. The minimum atomic E-state index is -5.21. The highest BCUT2D eigenvalue weighted by Gasteiger charge is 2.63. The molecular weight excluding hydrogens is 409 g/mol. The van der Waals surface area contributed by atoms with Gasteiger partial charge in [-0.1, -0.05) is 54.1 Å². The molecule has 1 amide bonds. The highest BCUT2D eigenvalue weighted by atomic mass is 35.5. The zero-order chi connectivity index (χ0) is 21.7. The lowest BCUT2D eigenvalue weighted by Gasteiger charge is -2.37. The van der Waals surface area contributed by atoms with E-state index in [1.165, 1.54) is 38.1 Å². The summed E-state index contributed by atoms with van der Waals surface area (Å²) in [6, 6.07) is 12.8. The molecular formula is C20H20ClF3N2O3. The van der Waals surface area contributed by atoms with Gasteiger partial charge in [-0.05, 0) is 31.5 Å². The monoisotopic (exact) mass is 428 g/mol. The molecule has 0 bridgehead atoms. The van der Waals surface area contributed by atoms with Gasteiger partial charge >= 0.3 is 12.1 Å². The maximum absolute atomic E-state index is 14.2. The van der Waals surface area contributed by atoms with Crippen LogP contribution in [0.4, 0.5) is 13.2 Å². The van der Waals surface area contributed by atoms with E-state index in [9.17, 15) is 22.8 Å². The first kappa shape index (κ1) is 22.7. The molecule has 2 aromatic carbocycles. The molecule has 0 aliphatic heterocycles. The Labute approximate surface area is 171 Å². The van der Waals surface area contributed by atoms with Gasteiger partial charge in [0.05, 0.1) is 17.2 Å². The highest BCUT2D eigenvalue weighted by Crippen LogP contribution is 2.33. The Balaban J connectivity index is 2.49. The molecule has 2 aromatic rings. The zero-order valence-electron chi connectivity index (χ0n) is 15.7. The fourth-order valence-corrected chi connectivity index (χ4v) is 2.91. The predicted octanol–water partition coefficient (Wildman–Crippen LogP) is 4.24. The quantitative estimate of drug-likeness (QED) is 0.511. The van der Waals surface area contributed by atoms with Gasteiger partial charge in [-0.2, -0.15) is 13.2 Å². The zero-order valence-corrected chi connectivity index (χ0v) is 16.5. The number of esters is 1. The van der Waals surface area contributed by atoms with E-state index in [-0.39, 0.29) is 17.2 Å². The molecule has 0 fully saturated rings. The molecule has 0 unspecified atom stereocenters. The van der Waals surface area contributed by atoms with Crippen LogP contribution in [-0.4, -0.2) is 30.3 Å². The summed E-state index contributed by atoms with van der Waals surface area (Å²) in [5.41, 5.74) is -3.20. The standard InChI is InChI=1S/C20H20ClF3N2O3/c1-3-29-18(28)19(20(22,23)24,25-13(2)14-9-5-4-6-10-14)26-17(27)15-11-7-8-12-16(15)21/h4-13,25H,3H2,1-2H3,(H,26,27)/t13-,19-/m0/s1. The van der Waals surface area contributed by atoms with Crippen LogP contribution >= 0.6 is 11.6 Å². The molecule has 0 saturated heterocycles. The van der Waals surface area contributed by atoms with E-state index in [1.807, 2.05) is 0 Å². The van der Waals surface area contributed by atoms with Crippen LogP contribution < -0.4 is 10.6 Å². The van der Waals surface area contributed by atoms with Gasteiger partial charge in [-0.15, -0.1) is 0 Å². The van der Waals surface area contributed by atoms with Crippen molar-refractivity contribution in [3.8, 4) is 0 Å². The third-order valence-electron chi connectivity index (χ3n) is 4.16. The molecule has 0 heterocycles. The fourth-order valence-electron chi connectivity index (χ4n) is 2.69. The number of benzene rings is 2. The topological polar surface area (TPSA) is 67.4 Å². The van der Waals surface area contributed by atoms with Crippen molar-refractivity contribution in [3.63, 3.8) is 0 Å². The average molecular weight is 429 g/mol. The molecule has 9 heteroatoms. The van der Waals surface area contributed by atoms with E-state index in [1.54, 1.807) is 35.6 Å². The summed E-state index contributed by atoms with van der Waals surface area (Å²) < 4.78 is 47.2. The molecule has 156 valence electrons. The third-order valence-corrected chi connectivity index (χ3v) is 4.49. The Bertz CT molecular complexity index is 862. The summed E-state index contributed by atoms with van der Waals surface area (Å²) in [5, 5.41) is 3.94. The minimum absolute atomic E-state index is 0.0546. The van der Waals surface area contributed by atoms with Gasteiger partial charge in [0.2, 0.25) is 0 Å². The summed E-state index contributed by atoms with van der Waals surface area (Å²) in [5.74, 6) is -2.84. The second-order valence-corrected chi connectivity index (χ2v) is 6.59. The average Bonchev–Trinajstić information content (AvgIpc) is 2.67. The minimum Gasteiger partial charge on any atom is -0.463 e. The van der Waals surface area contributed by atoms with Gasteiger partial charge in [0.25, 0.3) is 11.6 Å². The first-order valence-electron chi connectivity index (χ1n) is 8.76. The molecule has 0 aromatic heterocycles. The molecule has 0 radical (unpaired) electrons. The normalized spacial score (nSPS) is 14.6. The van der Waals surface area contributed by atoms with Crippen LogP contribution in [0, 0.1) is 0 Å². The van der Waals surface area contributed by atoms with Crippen LogP contribution in [0.25, 0.3) is 0 Å². The largest absolute Gasteiger partial charge is 0.463 e. The molecule has 0 spiro atoms. The second-order valence-electron chi connectivity index (χ2n) is 6.18. The van der Waals surface area contributed by atoms with E-state index in [4.69, 9.17) is 11.6 Å². The van der Waals surface area contributed by atoms with Gasteiger partial charge in [0, 0.05) is 6.04 Å². The molecule has 0 saturated carbocycles. The smallest absolute Gasteiger partial charge is 0.436 e. The third kappa shape index (κ3) is 5.07. The Kier molecular flexibility index (Phi) is 7.26. The molecule has 2 N–H and O–H groups in total. The van der Waals surface area contributed by atoms with E-state index in [2.05, 4.69) is 10.1 Å². The summed E-state index contributed by atoms with van der Waals surface area (Å²) in [6.45, 7) is 2.51. The Morgan fingerprint density at radius 2 is 1.66 bits per heavy atom. The predicted molar refractivity (Wildman–Crippen MR) is 102 cm³/mol. The summed E-state index contributed by atoms with van der Waals surface area (Å²) in [4.78, 5) is 25.1. The maximum atomic E-state index is 14.2. The lowest BCUT2D eigenvalue weighted by molar-refractivity contribution is -0.220. The number of alkyl halides is 3. The Morgan fingerprint density at radius 3 is 2.21 bits per heavy atom. The summed E-state index contributed by atoms with van der Waals surface area (Å²) in [6.07, 6.45) is -5.21. The van der Waals surface area contributed by atoms with Crippen molar-refractivity contribution >= 4 is 23.5 Å². The van der Waals surface area contributed by atoms with Crippen LogP contribution in [0.15, 0.2) is 54.6 Å². The van der Waals surface area contributed by atoms with Crippen LogP contribution in [0.3, 0.4) is 0 Å². The van der Waals surface area contributed by atoms with Crippen molar-refractivity contribution in [1.29, 1.82) is 0 Å². The van der Waals surface area contributed by atoms with Crippen molar-refractivity contribution in [1.82, 2.24) is 10.6 Å². The number of rotatable bonds is 7. The van der Waals surface area contributed by atoms with Gasteiger partial charge in [-0.3, -0.25) is 10.1 Å². The lowest BCUT2D eigenvalue weighted by atomic mass is 10.0. The number of hydrogen-bond donors (Lipinski definition) is 2. The Morgan fingerprint density at radius 1 is 1.07 bits per heavy atom. The number of ether oxygens (including phenoxy) is 1. The van der Waals surface area contributed by atoms with Gasteiger partial charge in [-0.25, -0.2) is 4.79 Å². The molecule has 2 atom stereocenters. The number of carbonyl (C=O) groups is 2. The highest BCUT2D eigenvalue weighted by molar-refractivity contribution is 6.33. The van der Waals surface area contributed by atoms with Crippen LogP contribution in [0.1, 0.15) is 35.8 Å². The number of hydrogen-bond acceptors (Lipinski definition) is 4. The van der Waals surface area contributed by atoms with Crippen LogP contribution in [0.2, 0.25) is 5.02 Å². The summed E-state index contributed by atoms with van der Waals surface area (Å²) in [7, 11) is 0. The van der Waals surface area contributed by atoms with E-state index < -0.39 is 29.8 Å². The van der Waals surface area contributed by atoms with Gasteiger partial charge < -0.3 is 10.1 Å². The first-order chi connectivity index (χ1) is 13.6. The SMILES string of the molecule is CCOC(=O)[C@@](NC(=O)c1ccccc1Cl)(N[C@@H](C)c1ccccc1)C(F)(F)F. The molecule has 2 rings (SSSR count). The number of amides is 1. The van der Waals surface area contributed by atoms with Crippen molar-refractivity contribution in [2.24, 2.45) is 0 Å².